The molecule has 0 radical (unpaired) electrons. The van der Waals surface area contributed by atoms with Crippen LogP contribution in [0.4, 0.5) is 0 Å². The molecule has 0 fully saturated rings. The number of allylic oxidation sites excluding steroid dienone is 3. The van der Waals surface area contributed by atoms with Gasteiger partial charge in [0.25, 0.3) is 0 Å². The van der Waals surface area contributed by atoms with Gasteiger partial charge in [0.2, 0.25) is 0 Å². The lowest BCUT2D eigenvalue weighted by Crippen LogP contribution is -2.14. The summed E-state index contributed by atoms with van der Waals surface area (Å²) in [7, 11) is 0. The fraction of sp³-hybridized carbons (Fsp3) is 0.132. The molecule has 0 amide bonds. The first-order chi connectivity index (χ1) is 19.0. The van der Waals surface area contributed by atoms with Crippen LogP contribution in [0.2, 0.25) is 0 Å². The summed E-state index contributed by atoms with van der Waals surface area (Å²) in [4.78, 5) is 0. The van der Waals surface area contributed by atoms with Gasteiger partial charge in [-0.2, -0.15) is 0 Å². The van der Waals surface area contributed by atoms with Crippen molar-refractivity contribution in [2.24, 2.45) is 0 Å². The molecule has 6 rings (SSSR count). The molecule has 5 aromatic carbocycles. The highest BCUT2D eigenvalue weighted by molar-refractivity contribution is 5.98. The second-order valence-corrected chi connectivity index (χ2v) is 11.0. The minimum atomic E-state index is -0.0361. The lowest BCUT2D eigenvalue weighted by molar-refractivity contribution is 0.661. The number of hydrogen-bond donors (Lipinski definition) is 1. The monoisotopic (exact) mass is 503 g/mol. The first-order valence-electron chi connectivity index (χ1n) is 13.7. The summed E-state index contributed by atoms with van der Waals surface area (Å²) >= 11 is 0. The molecule has 1 aliphatic rings. The summed E-state index contributed by atoms with van der Waals surface area (Å²) < 4.78 is 0. The maximum absolute atomic E-state index is 7.27. The van der Waals surface area contributed by atoms with Crippen LogP contribution in [0.3, 0.4) is 0 Å². The maximum atomic E-state index is 7.27. The third-order valence-corrected chi connectivity index (χ3v) is 8.17. The Morgan fingerprint density at radius 1 is 0.744 bits per heavy atom. The molecule has 0 aliphatic heterocycles. The van der Waals surface area contributed by atoms with E-state index < -0.39 is 0 Å². The molecule has 1 heteroatoms. The number of rotatable bonds is 6. The number of benzene rings is 5. The van der Waals surface area contributed by atoms with Gasteiger partial charge in [-0.3, -0.25) is 0 Å². The Kier molecular flexibility index (Phi) is 6.37. The molecular formula is C38H33N. The molecule has 0 spiro atoms. The molecule has 1 aliphatic carbocycles. The summed E-state index contributed by atoms with van der Waals surface area (Å²) in [5.41, 5.74) is 12.8. The summed E-state index contributed by atoms with van der Waals surface area (Å²) in [6.45, 7) is 6.75. The topological polar surface area (TPSA) is 23.9 Å². The van der Waals surface area contributed by atoms with E-state index in [-0.39, 0.29) is 5.41 Å². The average molecular weight is 504 g/mol. The molecule has 1 nitrogen and oxygen atoms in total. The highest BCUT2D eigenvalue weighted by atomic mass is 14.4. The Morgan fingerprint density at radius 3 is 2.26 bits per heavy atom. The van der Waals surface area contributed by atoms with Gasteiger partial charge in [-0.25, -0.2) is 0 Å². The quantitative estimate of drug-likeness (QED) is 0.223. The molecular weight excluding hydrogens is 470 g/mol. The Morgan fingerprint density at radius 2 is 1.49 bits per heavy atom. The largest absolute Gasteiger partial charge is 0.309 e. The smallest absolute Gasteiger partial charge is 0.0180 e. The fourth-order valence-electron chi connectivity index (χ4n) is 5.98. The van der Waals surface area contributed by atoms with E-state index in [0.717, 1.165) is 17.6 Å². The average Bonchev–Trinajstić information content (AvgIpc) is 3.18. The lowest BCUT2D eigenvalue weighted by atomic mass is 9.81. The van der Waals surface area contributed by atoms with Crippen LogP contribution in [0, 0.1) is 5.41 Å². The molecule has 0 aromatic heterocycles. The van der Waals surface area contributed by atoms with E-state index in [9.17, 15) is 0 Å². The summed E-state index contributed by atoms with van der Waals surface area (Å²) in [5.74, 6) is 0. The van der Waals surface area contributed by atoms with E-state index in [2.05, 4.69) is 129 Å². The summed E-state index contributed by atoms with van der Waals surface area (Å²) in [6, 6.07) is 37.8. The van der Waals surface area contributed by atoms with Crippen LogP contribution < -0.4 is 0 Å². The SMILES string of the molecule is C/C(=C\C=N)c1ccc(C/C=C/c2cccc(-c3cccc4c3-c3cc5ccccc5cc3C4(C)C)c2)cc1. The highest BCUT2D eigenvalue weighted by Crippen LogP contribution is 2.53. The Hall–Kier alpha value is -4.49. The van der Waals surface area contributed by atoms with Crippen molar-refractivity contribution in [1.82, 2.24) is 0 Å². The molecule has 0 heterocycles. The van der Waals surface area contributed by atoms with Crippen LogP contribution in [0.5, 0.6) is 0 Å². The minimum Gasteiger partial charge on any atom is -0.309 e. The van der Waals surface area contributed by atoms with Crippen molar-refractivity contribution in [3.8, 4) is 22.3 Å². The number of nitrogens with one attached hydrogen (secondary N) is 1. The van der Waals surface area contributed by atoms with Crippen LogP contribution in [-0.2, 0) is 11.8 Å². The van der Waals surface area contributed by atoms with Gasteiger partial charge in [-0.1, -0.05) is 111 Å². The van der Waals surface area contributed by atoms with Crippen LogP contribution in [0.1, 0.15) is 48.6 Å². The Bertz CT molecular complexity index is 1760. The number of hydrogen-bond acceptors (Lipinski definition) is 1. The van der Waals surface area contributed by atoms with Gasteiger partial charge in [-0.15, -0.1) is 0 Å². The van der Waals surface area contributed by atoms with Crippen LogP contribution in [0.25, 0.3) is 44.7 Å². The fourth-order valence-corrected chi connectivity index (χ4v) is 5.98. The van der Waals surface area contributed by atoms with Crippen molar-refractivity contribution in [2.75, 3.05) is 0 Å². The van der Waals surface area contributed by atoms with Crippen LogP contribution >= 0.6 is 0 Å². The first kappa shape index (κ1) is 24.8. The Labute approximate surface area is 231 Å². The van der Waals surface area contributed by atoms with Crippen molar-refractivity contribution < 1.29 is 0 Å². The van der Waals surface area contributed by atoms with Crippen LogP contribution in [-0.4, -0.2) is 6.21 Å². The molecule has 190 valence electrons. The van der Waals surface area contributed by atoms with E-state index in [0.29, 0.717) is 0 Å². The molecule has 0 saturated heterocycles. The first-order valence-corrected chi connectivity index (χ1v) is 13.7. The minimum absolute atomic E-state index is 0.0361. The maximum Gasteiger partial charge on any atom is 0.0180 e. The van der Waals surface area contributed by atoms with Crippen molar-refractivity contribution in [3.63, 3.8) is 0 Å². The third kappa shape index (κ3) is 4.55. The zero-order valence-corrected chi connectivity index (χ0v) is 22.8. The van der Waals surface area contributed by atoms with Crippen molar-refractivity contribution in [1.29, 1.82) is 5.41 Å². The van der Waals surface area contributed by atoms with E-state index in [1.54, 1.807) is 0 Å². The predicted octanol–water partition coefficient (Wildman–Crippen LogP) is 10.1. The number of fused-ring (bicyclic) bond motifs is 4. The van der Waals surface area contributed by atoms with Gasteiger partial charge in [0.15, 0.2) is 0 Å². The van der Waals surface area contributed by atoms with Gasteiger partial charge in [0.05, 0.1) is 0 Å². The standard InChI is InChI=1S/C38H33N/c1-26(21-22-39)29-19-17-27(18-20-29)9-6-10-28-11-7-14-32(23-28)33-15-8-16-35-37(33)34-24-30-12-4-5-13-31(30)25-36(34)38(35,2)3/h4-8,10-25,39H,9H2,1-3H3/b10-6+,26-21+,39-22?. The summed E-state index contributed by atoms with van der Waals surface area (Å²) in [5, 5.41) is 9.87. The normalized spacial score (nSPS) is 14.0. The van der Waals surface area contributed by atoms with E-state index in [1.165, 1.54) is 61.5 Å². The molecule has 39 heavy (non-hydrogen) atoms. The van der Waals surface area contributed by atoms with Gasteiger partial charge >= 0.3 is 0 Å². The third-order valence-electron chi connectivity index (χ3n) is 8.17. The Balaban J connectivity index is 1.32. The van der Waals surface area contributed by atoms with Gasteiger partial charge in [0, 0.05) is 11.6 Å². The van der Waals surface area contributed by atoms with Gasteiger partial charge in [-0.05, 0) is 104 Å². The molecule has 0 atom stereocenters. The van der Waals surface area contributed by atoms with E-state index in [1.807, 2.05) is 13.0 Å². The van der Waals surface area contributed by atoms with E-state index in [4.69, 9.17) is 5.41 Å². The molecule has 1 N–H and O–H groups in total. The summed E-state index contributed by atoms with van der Waals surface area (Å²) in [6.07, 6.45) is 8.52. The van der Waals surface area contributed by atoms with Crippen molar-refractivity contribution >= 4 is 28.6 Å². The zero-order valence-electron chi connectivity index (χ0n) is 22.8. The molecule has 0 bridgehead atoms. The lowest BCUT2D eigenvalue weighted by Gasteiger charge is -2.22. The van der Waals surface area contributed by atoms with Crippen LogP contribution in [0.15, 0.2) is 115 Å². The van der Waals surface area contributed by atoms with E-state index >= 15 is 0 Å². The second-order valence-electron chi connectivity index (χ2n) is 11.0. The van der Waals surface area contributed by atoms with Crippen molar-refractivity contribution in [2.45, 2.75) is 32.6 Å². The predicted molar refractivity (Wildman–Crippen MR) is 169 cm³/mol. The van der Waals surface area contributed by atoms with Gasteiger partial charge in [0.1, 0.15) is 0 Å². The van der Waals surface area contributed by atoms with Gasteiger partial charge < -0.3 is 5.41 Å². The second kappa shape index (κ2) is 10.0. The molecule has 5 aromatic rings. The molecule has 0 unspecified atom stereocenters. The molecule has 0 saturated carbocycles. The zero-order chi connectivity index (χ0) is 27.0. The van der Waals surface area contributed by atoms with Crippen molar-refractivity contribution in [3.05, 3.63) is 143 Å². The highest BCUT2D eigenvalue weighted by Gasteiger charge is 2.37.